The third kappa shape index (κ3) is 3.52. The summed E-state index contributed by atoms with van der Waals surface area (Å²) >= 11 is 5.87. The van der Waals surface area contributed by atoms with E-state index < -0.39 is 15.4 Å². The summed E-state index contributed by atoms with van der Waals surface area (Å²) in [6, 6.07) is 7.62. The molecule has 1 heterocycles. The Labute approximate surface area is 124 Å². The van der Waals surface area contributed by atoms with Crippen LogP contribution in [-0.4, -0.2) is 44.9 Å². The summed E-state index contributed by atoms with van der Waals surface area (Å²) in [6.07, 6.45) is 1.38. The van der Waals surface area contributed by atoms with E-state index in [1.807, 2.05) is 29.2 Å². The topological polar surface area (TPSA) is 66.6 Å². The van der Waals surface area contributed by atoms with Crippen molar-refractivity contribution in [2.24, 2.45) is 5.14 Å². The summed E-state index contributed by atoms with van der Waals surface area (Å²) in [7, 11) is -3.63. The van der Waals surface area contributed by atoms with Gasteiger partial charge in [0.25, 0.3) is 0 Å². The van der Waals surface area contributed by atoms with E-state index in [2.05, 4.69) is 11.5 Å². The van der Waals surface area contributed by atoms with Crippen LogP contribution in [0.1, 0.15) is 0 Å². The predicted molar refractivity (Wildman–Crippen MR) is 82.3 cm³/mol. The van der Waals surface area contributed by atoms with Crippen LogP contribution in [0.3, 0.4) is 0 Å². The zero-order chi connectivity index (χ0) is 14.8. The van der Waals surface area contributed by atoms with Gasteiger partial charge in [-0.05, 0) is 24.3 Å². The fourth-order valence-electron chi connectivity index (χ4n) is 2.38. The first-order valence-corrected chi connectivity index (χ1v) is 8.29. The highest BCUT2D eigenvalue weighted by molar-refractivity contribution is 7.89. The molecule has 2 rings (SSSR count). The minimum Gasteiger partial charge on any atom is -0.369 e. The molecule has 110 valence electrons. The number of piperazine rings is 1. The van der Waals surface area contributed by atoms with Crippen molar-refractivity contribution in [3.8, 4) is 0 Å². The second kappa shape index (κ2) is 6.13. The molecule has 0 bridgehead atoms. The molecule has 0 spiro atoms. The van der Waals surface area contributed by atoms with Crippen molar-refractivity contribution in [3.63, 3.8) is 0 Å². The number of benzene rings is 1. The molecule has 1 atom stereocenters. The van der Waals surface area contributed by atoms with Gasteiger partial charge in [0.05, 0.1) is 0 Å². The molecule has 0 aromatic heterocycles. The molecule has 1 fully saturated rings. The molecule has 1 unspecified atom stereocenters. The maximum atomic E-state index is 11.5. The molecule has 7 heteroatoms. The predicted octanol–water partition coefficient (Wildman–Crippen LogP) is 1.26. The number of sulfonamides is 1. The number of rotatable bonds is 4. The van der Waals surface area contributed by atoms with Gasteiger partial charge in [-0.2, -0.15) is 0 Å². The van der Waals surface area contributed by atoms with Gasteiger partial charge in [0.2, 0.25) is 10.0 Å². The molecule has 1 saturated heterocycles. The summed E-state index contributed by atoms with van der Waals surface area (Å²) in [6.45, 7) is 6.28. The van der Waals surface area contributed by atoms with Crippen molar-refractivity contribution in [2.75, 3.05) is 31.1 Å². The van der Waals surface area contributed by atoms with Gasteiger partial charge in [-0.15, -0.1) is 6.58 Å². The minimum atomic E-state index is -3.63. The van der Waals surface area contributed by atoms with Crippen molar-refractivity contribution in [2.45, 2.75) is 5.37 Å². The van der Waals surface area contributed by atoms with Crippen molar-refractivity contribution in [1.29, 1.82) is 0 Å². The van der Waals surface area contributed by atoms with E-state index in [0.29, 0.717) is 18.1 Å². The van der Waals surface area contributed by atoms with Crippen molar-refractivity contribution in [3.05, 3.63) is 41.9 Å². The largest absolute Gasteiger partial charge is 0.369 e. The van der Waals surface area contributed by atoms with Crippen LogP contribution in [0, 0.1) is 0 Å². The smallest absolute Gasteiger partial charge is 0.229 e. The quantitative estimate of drug-likeness (QED) is 0.850. The highest BCUT2D eigenvalue weighted by Crippen LogP contribution is 2.20. The lowest BCUT2D eigenvalue weighted by Crippen LogP contribution is -2.53. The SMILES string of the molecule is C=CC(N1CCN(c2ccc(Cl)cc2)CC1)S(N)(=O)=O. The first-order chi connectivity index (χ1) is 9.41. The van der Waals surface area contributed by atoms with Crippen molar-refractivity contribution in [1.82, 2.24) is 4.90 Å². The standard InChI is InChI=1S/C13H18ClN3O2S/c1-2-13(20(15,18)19)17-9-7-16(8-10-17)12-5-3-11(14)4-6-12/h2-6,13H,1,7-10H2,(H2,15,18,19). The van der Waals surface area contributed by atoms with Gasteiger partial charge in [0.1, 0.15) is 5.37 Å². The fourth-order valence-corrected chi connectivity index (χ4v) is 3.40. The van der Waals surface area contributed by atoms with Crippen LogP contribution in [0.4, 0.5) is 5.69 Å². The molecule has 0 aliphatic carbocycles. The molecule has 0 amide bonds. The Morgan fingerprint density at radius 1 is 1.20 bits per heavy atom. The number of nitrogens with two attached hydrogens (primary N) is 1. The van der Waals surface area contributed by atoms with Crippen LogP contribution in [-0.2, 0) is 10.0 Å². The summed E-state index contributed by atoms with van der Waals surface area (Å²) in [5, 5.41) is 5.11. The van der Waals surface area contributed by atoms with Gasteiger partial charge >= 0.3 is 0 Å². The van der Waals surface area contributed by atoms with Crippen LogP contribution in [0.25, 0.3) is 0 Å². The summed E-state index contributed by atoms with van der Waals surface area (Å²) in [4.78, 5) is 4.02. The van der Waals surface area contributed by atoms with E-state index in [1.54, 1.807) is 0 Å². The Morgan fingerprint density at radius 3 is 2.20 bits per heavy atom. The zero-order valence-corrected chi connectivity index (χ0v) is 12.6. The molecule has 1 aromatic carbocycles. The molecular formula is C13H18ClN3O2S. The van der Waals surface area contributed by atoms with Gasteiger partial charge in [-0.1, -0.05) is 17.7 Å². The Kier molecular flexibility index (Phi) is 4.70. The maximum Gasteiger partial charge on any atom is 0.229 e. The van der Waals surface area contributed by atoms with Crippen LogP contribution in [0.5, 0.6) is 0 Å². The molecule has 5 nitrogen and oxygen atoms in total. The number of hydrogen-bond acceptors (Lipinski definition) is 4. The lowest BCUT2D eigenvalue weighted by molar-refractivity contribution is 0.258. The zero-order valence-electron chi connectivity index (χ0n) is 11.1. The highest BCUT2D eigenvalue weighted by atomic mass is 35.5. The first kappa shape index (κ1) is 15.3. The molecular weight excluding hydrogens is 298 g/mol. The van der Waals surface area contributed by atoms with Gasteiger partial charge < -0.3 is 4.90 Å². The monoisotopic (exact) mass is 315 g/mol. The second-order valence-corrected chi connectivity index (χ2v) is 6.81. The van der Waals surface area contributed by atoms with Crippen LogP contribution in [0.15, 0.2) is 36.9 Å². The molecule has 0 radical (unpaired) electrons. The normalized spacial score (nSPS) is 18.8. The van der Waals surface area contributed by atoms with E-state index in [0.717, 1.165) is 18.8 Å². The third-order valence-electron chi connectivity index (χ3n) is 3.40. The Bertz CT molecular complexity index is 566. The van der Waals surface area contributed by atoms with E-state index in [1.165, 1.54) is 6.08 Å². The number of anilines is 1. The van der Waals surface area contributed by atoms with Crippen LogP contribution >= 0.6 is 11.6 Å². The first-order valence-electron chi connectivity index (χ1n) is 6.30. The number of halogens is 1. The van der Waals surface area contributed by atoms with Gasteiger partial charge in [-0.25, -0.2) is 13.6 Å². The maximum absolute atomic E-state index is 11.5. The average molecular weight is 316 g/mol. The fraction of sp³-hybridized carbons (Fsp3) is 0.385. The summed E-state index contributed by atoms with van der Waals surface area (Å²) in [5.74, 6) is 0. The van der Waals surface area contributed by atoms with Gasteiger partial charge in [0.15, 0.2) is 0 Å². The van der Waals surface area contributed by atoms with Gasteiger partial charge in [0, 0.05) is 36.9 Å². The Hall–Kier alpha value is -1.08. The van der Waals surface area contributed by atoms with E-state index in [9.17, 15) is 8.42 Å². The molecule has 0 saturated carbocycles. The minimum absolute atomic E-state index is 0.621. The second-order valence-electron chi connectivity index (χ2n) is 4.71. The third-order valence-corrected chi connectivity index (χ3v) is 4.82. The van der Waals surface area contributed by atoms with E-state index in [4.69, 9.17) is 16.7 Å². The Morgan fingerprint density at radius 2 is 1.75 bits per heavy atom. The number of hydrogen-bond donors (Lipinski definition) is 1. The molecule has 1 aliphatic heterocycles. The number of nitrogens with zero attached hydrogens (tertiary/aromatic N) is 2. The van der Waals surface area contributed by atoms with Crippen molar-refractivity contribution >= 4 is 27.3 Å². The molecule has 1 aliphatic rings. The highest BCUT2D eigenvalue weighted by Gasteiger charge is 2.28. The average Bonchev–Trinajstić information content (AvgIpc) is 2.40. The summed E-state index contributed by atoms with van der Waals surface area (Å²) < 4.78 is 23.0. The lowest BCUT2D eigenvalue weighted by Gasteiger charge is -2.38. The summed E-state index contributed by atoms with van der Waals surface area (Å²) in [5.41, 5.74) is 1.08. The van der Waals surface area contributed by atoms with E-state index in [-0.39, 0.29) is 0 Å². The molecule has 20 heavy (non-hydrogen) atoms. The molecule has 1 aromatic rings. The Balaban J connectivity index is 2.02. The van der Waals surface area contributed by atoms with Crippen molar-refractivity contribution < 1.29 is 8.42 Å². The molecule has 2 N–H and O–H groups in total. The lowest BCUT2D eigenvalue weighted by atomic mass is 10.2. The van der Waals surface area contributed by atoms with Crippen LogP contribution < -0.4 is 10.0 Å². The number of primary sulfonamides is 1. The van der Waals surface area contributed by atoms with Crippen LogP contribution in [0.2, 0.25) is 5.02 Å². The van der Waals surface area contributed by atoms with Gasteiger partial charge in [-0.3, -0.25) is 4.90 Å². The van der Waals surface area contributed by atoms with E-state index >= 15 is 0 Å².